The summed E-state index contributed by atoms with van der Waals surface area (Å²) in [6.07, 6.45) is 12.1. The molecule has 1 aromatic heterocycles. The maximum atomic E-state index is 13.9. The van der Waals surface area contributed by atoms with Gasteiger partial charge >= 0.3 is 5.97 Å². The average molecular weight is 440 g/mol. The van der Waals surface area contributed by atoms with Crippen LogP contribution in [0.2, 0.25) is 0 Å². The monoisotopic (exact) mass is 439 g/mol. The van der Waals surface area contributed by atoms with Crippen LogP contribution in [-0.2, 0) is 20.7 Å². The molecule has 6 heteroatoms. The number of nitrogens with zero attached hydrogens (tertiary/aromatic N) is 2. The Kier molecular flexibility index (Phi) is 6.33. The largest absolute Gasteiger partial charge is 0.460 e. The standard InChI is InChI=1S/C26H37N3O3/c1-6-8-20-15-27-24(28-20)22-11-16-9-18-12-19(18)13-21(10-16)29(22)25(31)17(7-2)14-23(30)32-26(3,4)5/h9,13,15,17-19,22H,6-8,10-12,14H2,1-5H3,(H,27,28). The minimum Gasteiger partial charge on any atom is -0.460 e. The molecule has 4 rings (SSSR count). The first-order valence-corrected chi connectivity index (χ1v) is 12.2. The molecule has 2 aliphatic carbocycles. The van der Waals surface area contributed by atoms with Gasteiger partial charge in [0.05, 0.1) is 12.5 Å². The smallest absolute Gasteiger partial charge is 0.307 e. The van der Waals surface area contributed by atoms with E-state index in [1.807, 2.05) is 38.8 Å². The molecule has 0 radical (unpaired) electrons. The van der Waals surface area contributed by atoms with E-state index in [4.69, 9.17) is 4.74 Å². The van der Waals surface area contributed by atoms with E-state index in [0.717, 1.165) is 42.9 Å². The number of aromatic amines is 1. The molecule has 32 heavy (non-hydrogen) atoms. The molecule has 1 aromatic rings. The summed E-state index contributed by atoms with van der Waals surface area (Å²) >= 11 is 0. The highest BCUT2D eigenvalue weighted by Gasteiger charge is 2.44. The first-order valence-electron chi connectivity index (χ1n) is 12.2. The summed E-state index contributed by atoms with van der Waals surface area (Å²) in [6, 6.07) is -0.149. The minimum atomic E-state index is -0.555. The molecular weight excluding hydrogens is 402 g/mol. The van der Waals surface area contributed by atoms with E-state index in [-0.39, 0.29) is 24.3 Å². The predicted octanol–water partition coefficient (Wildman–Crippen LogP) is 5.24. The number of piperidine rings is 1. The van der Waals surface area contributed by atoms with E-state index in [1.165, 1.54) is 12.0 Å². The van der Waals surface area contributed by atoms with Gasteiger partial charge in [0.25, 0.3) is 0 Å². The van der Waals surface area contributed by atoms with Crippen molar-refractivity contribution in [2.45, 2.75) is 91.2 Å². The van der Waals surface area contributed by atoms with E-state index < -0.39 is 11.5 Å². The lowest BCUT2D eigenvalue weighted by Crippen LogP contribution is -2.42. The van der Waals surface area contributed by atoms with E-state index in [2.05, 4.69) is 29.0 Å². The maximum Gasteiger partial charge on any atom is 0.307 e. The number of amides is 1. The van der Waals surface area contributed by atoms with Gasteiger partial charge in [0.15, 0.2) is 0 Å². The molecular formula is C26H37N3O3. The van der Waals surface area contributed by atoms with Crippen molar-refractivity contribution in [3.63, 3.8) is 0 Å². The molecule has 1 aliphatic heterocycles. The van der Waals surface area contributed by atoms with Gasteiger partial charge in [-0.25, -0.2) is 4.98 Å². The van der Waals surface area contributed by atoms with E-state index in [9.17, 15) is 9.59 Å². The summed E-state index contributed by atoms with van der Waals surface area (Å²) in [6.45, 7) is 9.69. The van der Waals surface area contributed by atoms with Gasteiger partial charge in [-0.2, -0.15) is 0 Å². The molecule has 2 heterocycles. The van der Waals surface area contributed by atoms with E-state index >= 15 is 0 Å². The summed E-state index contributed by atoms with van der Waals surface area (Å²) < 4.78 is 5.52. The molecule has 1 N–H and O–H groups in total. The molecule has 0 aromatic carbocycles. The van der Waals surface area contributed by atoms with Crippen LogP contribution in [0.5, 0.6) is 0 Å². The lowest BCUT2D eigenvalue weighted by atomic mass is 9.90. The second-order valence-electron chi connectivity index (χ2n) is 10.6. The van der Waals surface area contributed by atoms with Crippen molar-refractivity contribution in [3.8, 4) is 0 Å². The summed E-state index contributed by atoms with van der Waals surface area (Å²) in [5.74, 6) is 1.31. The number of nitrogens with one attached hydrogen (secondary N) is 1. The quantitative estimate of drug-likeness (QED) is 0.465. The van der Waals surface area contributed by atoms with E-state index in [0.29, 0.717) is 18.3 Å². The van der Waals surface area contributed by atoms with Crippen molar-refractivity contribution in [1.82, 2.24) is 14.9 Å². The summed E-state index contributed by atoms with van der Waals surface area (Å²) in [4.78, 5) is 36.6. The van der Waals surface area contributed by atoms with Crippen LogP contribution in [0.15, 0.2) is 29.6 Å². The number of imidazole rings is 1. The van der Waals surface area contributed by atoms with Gasteiger partial charge in [-0.05, 0) is 58.3 Å². The molecule has 4 unspecified atom stereocenters. The number of allylic oxidation sites excluding steroid dienone is 3. The predicted molar refractivity (Wildman–Crippen MR) is 123 cm³/mol. The zero-order valence-corrected chi connectivity index (χ0v) is 20.1. The minimum absolute atomic E-state index is 0.0150. The van der Waals surface area contributed by atoms with Crippen LogP contribution < -0.4 is 0 Å². The number of esters is 1. The van der Waals surface area contributed by atoms with Crippen molar-refractivity contribution < 1.29 is 14.3 Å². The summed E-state index contributed by atoms with van der Waals surface area (Å²) in [7, 11) is 0. The number of H-pyrrole nitrogens is 1. The maximum absolute atomic E-state index is 13.9. The molecule has 2 bridgehead atoms. The SMILES string of the molecule is CCCc1cnc(C2CC3=CC4CC4C=C(C3)N2C(=O)C(CC)CC(=O)OC(C)(C)C)[nH]1. The zero-order valence-electron chi connectivity index (χ0n) is 20.1. The molecule has 1 amide bonds. The third kappa shape index (κ3) is 5.00. The normalized spacial score (nSPS) is 25.3. The molecule has 1 saturated carbocycles. The first kappa shape index (κ1) is 22.8. The van der Waals surface area contributed by atoms with Crippen molar-refractivity contribution >= 4 is 11.9 Å². The number of ether oxygens (including phenoxy) is 1. The fourth-order valence-corrected chi connectivity index (χ4v) is 5.01. The van der Waals surface area contributed by atoms with Crippen LogP contribution in [0.25, 0.3) is 0 Å². The summed E-state index contributed by atoms with van der Waals surface area (Å²) in [5.41, 5.74) is 3.04. The molecule has 1 saturated heterocycles. The van der Waals surface area contributed by atoms with Crippen molar-refractivity contribution in [1.29, 1.82) is 0 Å². The van der Waals surface area contributed by atoms with Crippen LogP contribution in [-0.4, -0.2) is 32.3 Å². The highest BCUT2D eigenvalue weighted by Crippen LogP contribution is 2.50. The Hall–Kier alpha value is -2.37. The number of likely N-dealkylation sites (tertiary alicyclic amines) is 1. The molecule has 0 spiro atoms. The summed E-state index contributed by atoms with van der Waals surface area (Å²) in [5, 5.41) is 0. The number of hydrogen-bond acceptors (Lipinski definition) is 4. The Bertz CT molecular complexity index is 936. The van der Waals surface area contributed by atoms with Gasteiger partial charge in [-0.3, -0.25) is 9.59 Å². The molecule has 4 atom stereocenters. The Morgan fingerprint density at radius 1 is 1.25 bits per heavy atom. The number of fused-ring (bicyclic) bond motifs is 3. The number of aryl methyl sites for hydroxylation is 1. The van der Waals surface area contributed by atoms with Gasteiger partial charge in [-0.15, -0.1) is 0 Å². The molecule has 174 valence electrons. The zero-order chi connectivity index (χ0) is 23.0. The first-order chi connectivity index (χ1) is 15.2. The van der Waals surface area contributed by atoms with Gasteiger partial charge < -0.3 is 14.6 Å². The number of hydrogen-bond donors (Lipinski definition) is 1. The lowest BCUT2D eigenvalue weighted by Gasteiger charge is -2.39. The Labute approximate surface area is 191 Å². The Morgan fingerprint density at radius 2 is 2.00 bits per heavy atom. The topological polar surface area (TPSA) is 75.3 Å². The fourth-order valence-electron chi connectivity index (χ4n) is 5.01. The number of carbonyl (C=O) groups excluding carboxylic acids is 2. The number of aromatic nitrogens is 2. The Morgan fingerprint density at radius 3 is 2.69 bits per heavy atom. The van der Waals surface area contributed by atoms with Gasteiger partial charge in [0, 0.05) is 29.9 Å². The van der Waals surface area contributed by atoms with Crippen LogP contribution in [0.1, 0.15) is 90.7 Å². The van der Waals surface area contributed by atoms with Crippen LogP contribution in [0.4, 0.5) is 0 Å². The van der Waals surface area contributed by atoms with Crippen molar-refractivity contribution in [2.75, 3.05) is 0 Å². The van der Waals surface area contributed by atoms with E-state index in [1.54, 1.807) is 0 Å². The lowest BCUT2D eigenvalue weighted by molar-refractivity contribution is -0.158. The highest BCUT2D eigenvalue weighted by atomic mass is 16.6. The average Bonchev–Trinajstić information content (AvgIpc) is 3.27. The number of rotatable bonds is 7. The van der Waals surface area contributed by atoms with Gasteiger partial charge in [0.1, 0.15) is 11.4 Å². The molecule has 3 aliphatic rings. The molecule has 2 fully saturated rings. The third-order valence-corrected chi connectivity index (χ3v) is 6.63. The second kappa shape index (κ2) is 8.87. The highest BCUT2D eigenvalue weighted by molar-refractivity contribution is 5.85. The van der Waals surface area contributed by atoms with Gasteiger partial charge in [-0.1, -0.05) is 38.0 Å². The Balaban J connectivity index is 1.62. The van der Waals surface area contributed by atoms with Crippen molar-refractivity contribution in [3.05, 3.63) is 41.1 Å². The van der Waals surface area contributed by atoms with Gasteiger partial charge in [0.2, 0.25) is 5.91 Å². The third-order valence-electron chi connectivity index (χ3n) is 6.63. The van der Waals surface area contributed by atoms with Crippen LogP contribution >= 0.6 is 0 Å². The van der Waals surface area contributed by atoms with Crippen LogP contribution in [0, 0.1) is 17.8 Å². The van der Waals surface area contributed by atoms with Crippen molar-refractivity contribution in [2.24, 2.45) is 17.8 Å². The number of carbonyl (C=O) groups is 2. The fraction of sp³-hybridized carbons (Fsp3) is 0.654. The van der Waals surface area contributed by atoms with Crippen LogP contribution in [0.3, 0.4) is 0 Å². The molecule has 6 nitrogen and oxygen atoms in total. The second-order valence-corrected chi connectivity index (χ2v) is 10.6.